The number of hydrogen-bond donors (Lipinski definition) is 2. The quantitative estimate of drug-likeness (QED) is 0.299. The van der Waals surface area contributed by atoms with Crippen LogP contribution in [-0.2, 0) is 6.54 Å². The Morgan fingerprint density at radius 2 is 2.20 bits per heavy atom. The Kier molecular flexibility index (Phi) is 7.46. The van der Waals surface area contributed by atoms with E-state index in [9.17, 15) is 10.0 Å². The van der Waals surface area contributed by atoms with Gasteiger partial charge in [0.25, 0.3) is 5.91 Å². The van der Waals surface area contributed by atoms with Crippen molar-refractivity contribution in [2.75, 3.05) is 19.7 Å². The van der Waals surface area contributed by atoms with Crippen LogP contribution in [-0.4, -0.2) is 25.6 Å². The Balaban J connectivity index is 1.68. The molecule has 0 radical (unpaired) electrons. The van der Waals surface area contributed by atoms with Gasteiger partial charge in [-0.3, -0.25) is 4.79 Å². The highest BCUT2D eigenvalue weighted by Gasteiger charge is 2.07. The lowest BCUT2D eigenvalue weighted by Crippen LogP contribution is -2.30. The number of amides is 1. The number of benzene rings is 1. The summed E-state index contributed by atoms with van der Waals surface area (Å²) in [6.07, 6.45) is 5.08. The zero-order valence-corrected chi connectivity index (χ0v) is 14.1. The van der Waals surface area contributed by atoms with E-state index in [2.05, 4.69) is 17.2 Å². The van der Waals surface area contributed by atoms with Gasteiger partial charge in [0.1, 0.15) is 11.3 Å². The summed E-state index contributed by atoms with van der Waals surface area (Å²) in [5, 5.41) is 17.2. The monoisotopic (exact) mass is 341 g/mol. The molecule has 2 aromatic rings. The molecule has 0 fully saturated rings. The molecule has 0 aliphatic rings. The Morgan fingerprint density at radius 3 is 3.00 bits per heavy atom. The molecular weight excluding hydrogens is 318 g/mol. The van der Waals surface area contributed by atoms with Gasteiger partial charge in [-0.05, 0) is 30.2 Å². The Morgan fingerprint density at radius 1 is 1.32 bits per heavy atom. The summed E-state index contributed by atoms with van der Waals surface area (Å²) in [6.45, 7) is 6.17. The van der Waals surface area contributed by atoms with E-state index < -0.39 is 0 Å². The number of ether oxygens (including phenoxy) is 1. The van der Waals surface area contributed by atoms with E-state index in [-0.39, 0.29) is 5.91 Å². The summed E-state index contributed by atoms with van der Waals surface area (Å²) in [5.74, 6) is 0.542. The second kappa shape index (κ2) is 10.1. The van der Waals surface area contributed by atoms with Crippen LogP contribution in [0, 0.1) is 5.21 Å². The van der Waals surface area contributed by atoms with Crippen LogP contribution in [0.2, 0.25) is 0 Å². The van der Waals surface area contributed by atoms with E-state index in [1.54, 1.807) is 12.1 Å². The van der Waals surface area contributed by atoms with Crippen LogP contribution < -0.4 is 20.1 Å². The standard InChI is InChI=1S/C19H23N3O3/c1-2-9-20-14-16-6-3-8-18(13-16)25-12-5-10-21-19(23)17-7-4-11-22(24)15-17/h2-4,6-8,11,13,15,20H,1,5,9-10,12,14H2,(H,21,23). The molecule has 1 aromatic heterocycles. The predicted octanol–water partition coefficient (Wildman–Crippen LogP) is 1.79. The summed E-state index contributed by atoms with van der Waals surface area (Å²) < 4.78 is 6.31. The lowest BCUT2D eigenvalue weighted by molar-refractivity contribution is -0.605. The second-order valence-electron chi connectivity index (χ2n) is 5.48. The van der Waals surface area contributed by atoms with Crippen molar-refractivity contribution in [1.29, 1.82) is 0 Å². The topological polar surface area (TPSA) is 77.3 Å². The van der Waals surface area contributed by atoms with Gasteiger partial charge in [-0.15, -0.1) is 6.58 Å². The average Bonchev–Trinajstić information content (AvgIpc) is 2.62. The van der Waals surface area contributed by atoms with Gasteiger partial charge in [0.05, 0.1) is 6.61 Å². The molecule has 2 N–H and O–H groups in total. The molecule has 6 heteroatoms. The van der Waals surface area contributed by atoms with Crippen molar-refractivity contribution >= 4 is 5.91 Å². The summed E-state index contributed by atoms with van der Waals surface area (Å²) in [4.78, 5) is 11.9. The maximum atomic E-state index is 11.9. The molecule has 0 bridgehead atoms. The van der Waals surface area contributed by atoms with Crippen LogP contribution in [0.1, 0.15) is 22.3 Å². The van der Waals surface area contributed by atoms with Gasteiger partial charge in [0.15, 0.2) is 12.4 Å². The highest BCUT2D eigenvalue weighted by Crippen LogP contribution is 2.13. The fraction of sp³-hybridized carbons (Fsp3) is 0.263. The summed E-state index contributed by atoms with van der Waals surface area (Å²) >= 11 is 0. The van der Waals surface area contributed by atoms with E-state index in [1.165, 1.54) is 12.4 Å². The minimum absolute atomic E-state index is 0.263. The smallest absolute Gasteiger partial charge is 0.257 e. The molecule has 0 aliphatic carbocycles. The lowest BCUT2D eigenvalue weighted by Gasteiger charge is -2.09. The number of hydrogen-bond acceptors (Lipinski definition) is 4. The first-order chi connectivity index (χ1) is 12.2. The van der Waals surface area contributed by atoms with Crippen molar-refractivity contribution < 1.29 is 14.3 Å². The lowest BCUT2D eigenvalue weighted by atomic mass is 10.2. The van der Waals surface area contributed by atoms with Crippen molar-refractivity contribution in [2.24, 2.45) is 0 Å². The van der Waals surface area contributed by atoms with E-state index in [0.717, 1.165) is 24.4 Å². The van der Waals surface area contributed by atoms with Crippen molar-refractivity contribution in [2.45, 2.75) is 13.0 Å². The summed E-state index contributed by atoms with van der Waals surface area (Å²) in [7, 11) is 0. The van der Waals surface area contributed by atoms with Gasteiger partial charge in [-0.25, -0.2) is 0 Å². The molecule has 1 aromatic carbocycles. The third-order valence-electron chi connectivity index (χ3n) is 3.43. The molecule has 0 saturated heterocycles. The first-order valence-electron chi connectivity index (χ1n) is 8.19. The third kappa shape index (κ3) is 6.64. The van der Waals surface area contributed by atoms with E-state index in [4.69, 9.17) is 4.74 Å². The number of carbonyl (C=O) groups is 1. The molecular formula is C19H23N3O3. The van der Waals surface area contributed by atoms with Crippen LogP contribution in [0.3, 0.4) is 0 Å². The van der Waals surface area contributed by atoms with Crippen LogP contribution in [0.25, 0.3) is 0 Å². The SMILES string of the molecule is C=CCNCc1cccc(OCCCNC(=O)c2ccc[n+]([O-])c2)c1. The number of rotatable bonds is 10. The fourth-order valence-corrected chi connectivity index (χ4v) is 2.22. The molecule has 0 aliphatic heterocycles. The molecule has 132 valence electrons. The second-order valence-corrected chi connectivity index (χ2v) is 5.48. The normalized spacial score (nSPS) is 10.2. The minimum atomic E-state index is -0.263. The van der Waals surface area contributed by atoms with Gasteiger partial charge in [0, 0.05) is 25.7 Å². The first kappa shape index (κ1) is 18.5. The average molecular weight is 341 g/mol. The zero-order valence-electron chi connectivity index (χ0n) is 14.1. The molecule has 0 saturated carbocycles. The van der Waals surface area contributed by atoms with Gasteiger partial charge in [0.2, 0.25) is 0 Å². The highest BCUT2D eigenvalue weighted by atomic mass is 16.5. The Hall–Kier alpha value is -2.86. The molecule has 25 heavy (non-hydrogen) atoms. The molecule has 2 rings (SSSR count). The van der Waals surface area contributed by atoms with Gasteiger partial charge >= 0.3 is 0 Å². The van der Waals surface area contributed by atoms with Crippen molar-refractivity contribution in [3.05, 3.63) is 77.8 Å². The Bertz CT molecular complexity index is 704. The van der Waals surface area contributed by atoms with E-state index in [1.807, 2.05) is 30.3 Å². The minimum Gasteiger partial charge on any atom is -0.619 e. The number of nitrogens with zero attached hydrogens (tertiary/aromatic N) is 1. The maximum Gasteiger partial charge on any atom is 0.257 e. The molecule has 1 heterocycles. The number of pyridine rings is 1. The predicted molar refractivity (Wildman–Crippen MR) is 96.2 cm³/mol. The van der Waals surface area contributed by atoms with E-state index in [0.29, 0.717) is 29.9 Å². The Labute approximate surface area is 147 Å². The largest absolute Gasteiger partial charge is 0.619 e. The third-order valence-corrected chi connectivity index (χ3v) is 3.43. The van der Waals surface area contributed by atoms with Crippen LogP contribution in [0.5, 0.6) is 5.75 Å². The van der Waals surface area contributed by atoms with E-state index >= 15 is 0 Å². The summed E-state index contributed by atoms with van der Waals surface area (Å²) in [6, 6.07) is 11.0. The van der Waals surface area contributed by atoms with Crippen molar-refractivity contribution in [3.8, 4) is 5.75 Å². The number of carbonyl (C=O) groups excluding carboxylic acids is 1. The number of nitrogens with one attached hydrogen (secondary N) is 2. The molecule has 0 atom stereocenters. The first-order valence-corrected chi connectivity index (χ1v) is 8.19. The zero-order chi connectivity index (χ0) is 17.9. The van der Waals surface area contributed by atoms with Crippen molar-refractivity contribution in [3.63, 3.8) is 0 Å². The van der Waals surface area contributed by atoms with Crippen LogP contribution in [0.4, 0.5) is 0 Å². The van der Waals surface area contributed by atoms with Crippen molar-refractivity contribution in [1.82, 2.24) is 10.6 Å². The fourth-order valence-electron chi connectivity index (χ4n) is 2.22. The van der Waals surface area contributed by atoms with Gasteiger partial charge < -0.3 is 20.6 Å². The summed E-state index contributed by atoms with van der Waals surface area (Å²) in [5.41, 5.74) is 1.49. The molecule has 1 amide bonds. The van der Waals surface area contributed by atoms with Crippen LogP contribution >= 0.6 is 0 Å². The molecule has 0 spiro atoms. The van der Waals surface area contributed by atoms with Crippen LogP contribution in [0.15, 0.2) is 61.4 Å². The van der Waals surface area contributed by atoms with Gasteiger partial charge in [-0.1, -0.05) is 18.2 Å². The van der Waals surface area contributed by atoms with Gasteiger partial charge in [-0.2, -0.15) is 4.73 Å². The maximum absolute atomic E-state index is 11.9. The molecule has 6 nitrogen and oxygen atoms in total. The highest BCUT2D eigenvalue weighted by molar-refractivity contribution is 5.93. The number of aromatic nitrogens is 1. The molecule has 0 unspecified atom stereocenters.